The number of anilines is 1. The number of nitrogens with one attached hydrogen (secondary N) is 1. The van der Waals surface area contributed by atoms with Crippen LogP contribution in [0.1, 0.15) is 29.1 Å². The normalized spacial score (nSPS) is 11.3. The van der Waals surface area contributed by atoms with Gasteiger partial charge in [-0.1, -0.05) is 18.1 Å². The Hall–Kier alpha value is -1.99. The predicted octanol–water partition coefficient (Wildman–Crippen LogP) is 2.93. The Balaban J connectivity index is 2.44. The fourth-order valence-corrected chi connectivity index (χ4v) is 2.89. The van der Waals surface area contributed by atoms with Crippen LogP contribution in [0.2, 0.25) is 0 Å². The molecule has 2 rings (SSSR count). The van der Waals surface area contributed by atoms with Crippen molar-refractivity contribution in [3.8, 4) is 12.3 Å². The quantitative estimate of drug-likeness (QED) is 0.826. The number of nitrogen functional groups attached to an aromatic ring is 1. The molecule has 0 aliphatic carbocycles. The first-order valence-corrected chi connectivity index (χ1v) is 6.74. The zero-order valence-corrected chi connectivity index (χ0v) is 12.0. The Morgan fingerprint density at radius 1 is 1.47 bits per heavy atom. The van der Waals surface area contributed by atoms with Gasteiger partial charge in [-0.3, -0.25) is 4.79 Å². The number of thiophene rings is 1. The number of amides is 1. The van der Waals surface area contributed by atoms with Crippen LogP contribution in [0.5, 0.6) is 0 Å². The summed E-state index contributed by atoms with van der Waals surface area (Å²) < 4.78 is 1.01. The van der Waals surface area contributed by atoms with Crippen LogP contribution < -0.4 is 11.1 Å². The number of aryl methyl sites for hydroxylation is 1. The van der Waals surface area contributed by atoms with Crippen LogP contribution in [0.15, 0.2) is 18.2 Å². The molecule has 0 aliphatic heterocycles. The summed E-state index contributed by atoms with van der Waals surface area (Å²) >= 11 is 1.39. The number of hydrogen-bond donors (Lipinski definition) is 2. The highest BCUT2D eigenvalue weighted by atomic mass is 32.1. The van der Waals surface area contributed by atoms with Gasteiger partial charge in [-0.05, 0) is 32.4 Å². The Morgan fingerprint density at radius 3 is 2.79 bits per heavy atom. The third kappa shape index (κ3) is 2.56. The number of terminal acetylenes is 1. The van der Waals surface area contributed by atoms with Crippen LogP contribution in [0, 0.1) is 19.3 Å². The van der Waals surface area contributed by atoms with Crippen LogP contribution >= 0.6 is 11.3 Å². The Labute approximate surface area is 116 Å². The minimum atomic E-state index is -0.685. The van der Waals surface area contributed by atoms with E-state index in [0.717, 1.165) is 15.6 Å². The van der Waals surface area contributed by atoms with E-state index in [2.05, 4.69) is 11.2 Å². The van der Waals surface area contributed by atoms with E-state index in [0.29, 0.717) is 10.6 Å². The average molecular weight is 272 g/mol. The van der Waals surface area contributed by atoms with Gasteiger partial charge in [-0.25, -0.2) is 0 Å². The molecule has 3 nitrogen and oxygen atoms in total. The molecule has 1 heterocycles. The van der Waals surface area contributed by atoms with Crippen LogP contribution in [0.3, 0.4) is 0 Å². The SMILES string of the molecule is C#CC(C)(C)NC(=O)c1sc2cc(C)ccc2c1N. The van der Waals surface area contributed by atoms with Gasteiger partial charge in [0.05, 0.1) is 11.2 Å². The molecule has 3 N–H and O–H groups in total. The fourth-order valence-electron chi connectivity index (χ4n) is 1.77. The summed E-state index contributed by atoms with van der Waals surface area (Å²) in [6, 6.07) is 5.96. The van der Waals surface area contributed by atoms with Crippen LogP contribution in [0.25, 0.3) is 10.1 Å². The van der Waals surface area contributed by atoms with Crippen molar-refractivity contribution in [2.45, 2.75) is 26.3 Å². The summed E-state index contributed by atoms with van der Waals surface area (Å²) in [7, 11) is 0. The summed E-state index contributed by atoms with van der Waals surface area (Å²) in [5.41, 5.74) is 7.03. The molecular weight excluding hydrogens is 256 g/mol. The highest BCUT2D eigenvalue weighted by Crippen LogP contribution is 2.34. The number of rotatable bonds is 2. The minimum absolute atomic E-state index is 0.223. The first-order chi connectivity index (χ1) is 8.84. The smallest absolute Gasteiger partial charge is 0.264 e. The highest BCUT2D eigenvalue weighted by molar-refractivity contribution is 7.21. The lowest BCUT2D eigenvalue weighted by Gasteiger charge is -2.19. The third-order valence-electron chi connectivity index (χ3n) is 2.88. The van der Waals surface area contributed by atoms with Gasteiger partial charge in [-0.2, -0.15) is 0 Å². The average Bonchev–Trinajstić information content (AvgIpc) is 2.66. The molecule has 1 amide bonds. The Morgan fingerprint density at radius 2 is 2.16 bits per heavy atom. The molecule has 0 spiro atoms. The lowest BCUT2D eigenvalue weighted by atomic mass is 10.1. The molecule has 0 unspecified atom stereocenters. The number of nitrogens with two attached hydrogens (primary N) is 1. The minimum Gasteiger partial charge on any atom is -0.397 e. The Bertz CT molecular complexity index is 692. The molecule has 0 aliphatic rings. The van der Waals surface area contributed by atoms with Crippen molar-refractivity contribution in [3.63, 3.8) is 0 Å². The van der Waals surface area contributed by atoms with E-state index in [1.807, 2.05) is 25.1 Å². The maximum atomic E-state index is 12.2. The van der Waals surface area contributed by atoms with Gasteiger partial charge in [0.25, 0.3) is 5.91 Å². The van der Waals surface area contributed by atoms with Crippen molar-refractivity contribution in [2.75, 3.05) is 5.73 Å². The summed E-state index contributed by atoms with van der Waals surface area (Å²) in [6.07, 6.45) is 5.37. The number of benzene rings is 1. The van der Waals surface area contributed by atoms with Gasteiger partial charge < -0.3 is 11.1 Å². The maximum Gasteiger partial charge on any atom is 0.264 e. The van der Waals surface area contributed by atoms with Crippen LogP contribution in [-0.2, 0) is 0 Å². The standard InChI is InChI=1S/C15H16N2OS/c1-5-15(3,4)17-14(18)13-12(16)10-7-6-9(2)8-11(10)19-13/h1,6-8H,16H2,2-4H3,(H,17,18). The van der Waals surface area contributed by atoms with E-state index in [1.54, 1.807) is 13.8 Å². The largest absolute Gasteiger partial charge is 0.397 e. The molecule has 1 aromatic carbocycles. The van der Waals surface area contributed by atoms with Crippen LogP contribution in [0.4, 0.5) is 5.69 Å². The van der Waals surface area contributed by atoms with Gasteiger partial charge in [-0.15, -0.1) is 17.8 Å². The summed E-state index contributed by atoms with van der Waals surface area (Å²) in [6.45, 7) is 5.56. The molecule has 1 aromatic heterocycles. The second-order valence-corrected chi connectivity index (χ2v) is 6.12. The van der Waals surface area contributed by atoms with E-state index in [9.17, 15) is 4.79 Å². The lowest BCUT2D eigenvalue weighted by molar-refractivity contribution is 0.0935. The molecule has 0 radical (unpaired) electrons. The van der Waals surface area contributed by atoms with Gasteiger partial charge >= 0.3 is 0 Å². The van der Waals surface area contributed by atoms with Crippen molar-refractivity contribution < 1.29 is 4.79 Å². The van der Waals surface area contributed by atoms with Gasteiger partial charge in [0.15, 0.2) is 0 Å². The van der Waals surface area contributed by atoms with E-state index in [1.165, 1.54) is 11.3 Å². The van der Waals surface area contributed by atoms with Gasteiger partial charge in [0, 0.05) is 10.1 Å². The molecule has 0 fully saturated rings. The second-order valence-electron chi connectivity index (χ2n) is 5.07. The molecule has 0 saturated carbocycles. The lowest BCUT2D eigenvalue weighted by Crippen LogP contribution is -2.41. The van der Waals surface area contributed by atoms with Crippen molar-refractivity contribution >= 4 is 33.0 Å². The first kappa shape index (κ1) is 13.4. The molecule has 0 atom stereocenters. The van der Waals surface area contributed by atoms with Crippen molar-refractivity contribution in [3.05, 3.63) is 28.6 Å². The molecule has 98 valence electrons. The third-order valence-corrected chi connectivity index (χ3v) is 4.04. The van der Waals surface area contributed by atoms with Crippen molar-refractivity contribution in [1.29, 1.82) is 0 Å². The second kappa shape index (κ2) is 4.60. The Kier molecular flexibility index (Phi) is 3.25. The maximum absolute atomic E-state index is 12.2. The monoisotopic (exact) mass is 272 g/mol. The summed E-state index contributed by atoms with van der Waals surface area (Å²) in [5.74, 6) is 2.31. The zero-order chi connectivity index (χ0) is 14.2. The van der Waals surface area contributed by atoms with E-state index in [-0.39, 0.29) is 5.91 Å². The molecular formula is C15H16N2OS. The van der Waals surface area contributed by atoms with Crippen LogP contribution in [-0.4, -0.2) is 11.4 Å². The zero-order valence-electron chi connectivity index (χ0n) is 11.2. The van der Waals surface area contributed by atoms with Crippen molar-refractivity contribution in [2.24, 2.45) is 0 Å². The van der Waals surface area contributed by atoms with E-state index >= 15 is 0 Å². The molecule has 0 bridgehead atoms. The molecule has 0 saturated heterocycles. The number of carbonyl (C=O) groups is 1. The number of fused-ring (bicyclic) bond motifs is 1. The fraction of sp³-hybridized carbons (Fsp3) is 0.267. The predicted molar refractivity (Wildman–Crippen MR) is 81.4 cm³/mol. The van der Waals surface area contributed by atoms with E-state index < -0.39 is 5.54 Å². The topological polar surface area (TPSA) is 55.1 Å². The summed E-state index contributed by atoms with van der Waals surface area (Å²) in [4.78, 5) is 12.7. The first-order valence-electron chi connectivity index (χ1n) is 5.93. The van der Waals surface area contributed by atoms with Crippen molar-refractivity contribution in [1.82, 2.24) is 5.32 Å². The van der Waals surface area contributed by atoms with Gasteiger partial charge in [0.1, 0.15) is 4.88 Å². The number of carbonyl (C=O) groups excluding carboxylic acids is 1. The molecule has 19 heavy (non-hydrogen) atoms. The molecule has 4 heteroatoms. The molecule has 2 aromatic rings. The summed E-state index contributed by atoms with van der Waals surface area (Å²) in [5, 5.41) is 3.71. The van der Waals surface area contributed by atoms with Gasteiger partial charge in [0.2, 0.25) is 0 Å². The van der Waals surface area contributed by atoms with E-state index in [4.69, 9.17) is 12.2 Å². The number of hydrogen-bond acceptors (Lipinski definition) is 3. The highest BCUT2D eigenvalue weighted by Gasteiger charge is 2.22.